The van der Waals surface area contributed by atoms with E-state index in [-0.39, 0.29) is 18.4 Å². The van der Waals surface area contributed by atoms with Gasteiger partial charge in [0.15, 0.2) is 0 Å². The van der Waals surface area contributed by atoms with E-state index in [1.807, 2.05) is 56.3 Å². The average Bonchev–Trinajstić information content (AvgIpc) is 2.76. The Kier molecular flexibility index (Phi) is 7.09. The monoisotopic (exact) mass is 421 g/mol. The lowest BCUT2D eigenvalue weighted by molar-refractivity contribution is -0.114. The van der Waals surface area contributed by atoms with E-state index in [2.05, 4.69) is 10.6 Å². The molecule has 0 spiro atoms. The molecule has 0 aliphatic heterocycles. The lowest BCUT2D eigenvalue weighted by Crippen LogP contribution is -2.30. The molecule has 3 aromatic rings. The van der Waals surface area contributed by atoms with Crippen molar-refractivity contribution >= 4 is 40.5 Å². The van der Waals surface area contributed by atoms with Crippen LogP contribution in [-0.2, 0) is 4.79 Å². The van der Waals surface area contributed by atoms with Gasteiger partial charge < -0.3 is 15.5 Å². The van der Waals surface area contributed by atoms with Crippen molar-refractivity contribution in [3.8, 4) is 0 Å². The highest BCUT2D eigenvalue weighted by Gasteiger charge is 2.16. The van der Waals surface area contributed by atoms with Crippen molar-refractivity contribution in [3.63, 3.8) is 0 Å². The second-order valence-corrected chi connectivity index (χ2v) is 7.26. The number of anilines is 3. The topological polar surface area (TPSA) is 61.4 Å². The van der Waals surface area contributed by atoms with E-state index in [9.17, 15) is 9.59 Å². The summed E-state index contributed by atoms with van der Waals surface area (Å²) in [6, 6.07) is 22.1. The first-order chi connectivity index (χ1) is 14.5. The number of aryl methyl sites for hydroxylation is 1. The number of nitrogens with zero attached hydrogens (tertiary/aromatic N) is 1. The van der Waals surface area contributed by atoms with E-state index < -0.39 is 0 Å². The van der Waals surface area contributed by atoms with Crippen molar-refractivity contribution in [1.82, 2.24) is 0 Å². The van der Waals surface area contributed by atoms with E-state index in [0.29, 0.717) is 28.5 Å². The van der Waals surface area contributed by atoms with Crippen molar-refractivity contribution in [2.45, 2.75) is 13.8 Å². The first-order valence-corrected chi connectivity index (χ1v) is 10.1. The van der Waals surface area contributed by atoms with Gasteiger partial charge in [0.2, 0.25) is 5.91 Å². The SMILES string of the molecule is CCN(C(=O)c1cccc(NCC(=O)Nc2cc(Cl)ccc2C)c1)c1ccccc1. The Hall–Kier alpha value is -3.31. The molecule has 30 heavy (non-hydrogen) atoms. The Morgan fingerprint density at radius 1 is 0.967 bits per heavy atom. The number of amides is 2. The zero-order chi connectivity index (χ0) is 21.5. The van der Waals surface area contributed by atoms with E-state index in [4.69, 9.17) is 11.6 Å². The summed E-state index contributed by atoms with van der Waals surface area (Å²) >= 11 is 6.00. The highest BCUT2D eigenvalue weighted by molar-refractivity contribution is 6.31. The normalized spacial score (nSPS) is 10.4. The Balaban J connectivity index is 1.66. The molecule has 5 nitrogen and oxygen atoms in total. The van der Waals surface area contributed by atoms with Gasteiger partial charge in [0.1, 0.15) is 0 Å². The Morgan fingerprint density at radius 2 is 1.73 bits per heavy atom. The van der Waals surface area contributed by atoms with Gasteiger partial charge in [-0.3, -0.25) is 9.59 Å². The van der Waals surface area contributed by atoms with Crippen LogP contribution in [0, 0.1) is 6.92 Å². The van der Waals surface area contributed by atoms with E-state index in [0.717, 1.165) is 11.3 Å². The maximum absolute atomic E-state index is 13.0. The van der Waals surface area contributed by atoms with Crippen molar-refractivity contribution in [1.29, 1.82) is 0 Å². The number of para-hydroxylation sites is 1. The van der Waals surface area contributed by atoms with Gasteiger partial charge in [-0.1, -0.05) is 41.9 Å². The fourth-order valence-electron chi connectivity index (χ4n) is 3.08. The van der Waals surface area contributed by atoms with Crippen LogP contribution in [0.5, 0.6) is 0 Å². The molecule has 154 valence electrons. The van der Waals surface area contributed by atoms with Crippen molar-refractivity contribution in [3.05, 3.63) is 88.9 Å². The van der Waals surface area contributed by atoms with Crippen LogP contribution in [0.4, 0.5) is 17.1 Å². The second-order valence-electron chi connectivity index (χ2n) is 6.83. The number of hydrogen-bond donors (Lipinski definition) is 2. The van der Waals surface area contributed by atoms with Crippen molar-refractivity contribution in [2.75, 3.05) is 28.6 Å². The minimum Gasteiger partial charge on any atom is -0.376 e. The second kappa shape index (κ2) is 9.94. The third kappa shape index (κ3) is 5.39. The van der Waals surface area contributed by atoms with E-state index >= 15 is 0 Å². The lowest BCUT2D eigenvalue weighted by Gasteiger charge is -2.21. The summed E-state index contributed by atoms with van der Waals surface area (Å²) in [5, 5.41) is 6.49. The van der Waals surface area contributed by atoms with Gasteiger partial charge in [-0.25, -0.2) is 0 Å². The minimum absolute atomic E-state index is 0.0692. The quantitative estimate of drug-likeness (QED) is 0.539. The average molecular weight is 422 g/mol. The summed E-state index contributed by atoms with van der Waals surface area (Å²) in [5.41, 5.74) is 3.71. The van der Waals surface area contributed by atoms with Crippen molar-refractivity contribution in [2.24, 2.45) is 0 Å². The fraction of sp³-hybridized carbons (Fsp3) is 0.167. The zero-order valence-electron chi connectivity index (χ0n) is 17.0. The maximum atomic E-state index is 13.0. The third-order valence-electron chi connectivity index (χ3n) is 4.67. The Labute approximate surface area is 181 Å². The predicted octanol–water partition coefficient (Wildman–Crippen LogP) is 5.37. The summed E-state index contributed by atoms with van der Waals surface area (Å²) in [6.07, 6.45) is 0. The number of hydrogen-bond acceptors (Lipinski definition) is 3. The minimum atomic E-state index is -0.198. The summed E-state index contributed by atoms with van der Waals surface area (Å²) in [5.74, 6) is -0.289. The molecular weight excluding hydrogens is 398 g/mol. The van der Waals surface area contributed by atoms with E-state index in [1.54, 1.807) is 35.2 Å². The van der Waals surface area contributed by atoms with Crippen LogP contribution in [0.3, 0.4) is 0 Å². The number of benzene rings is 3. The summed E-state index contributed by atoms with van der Waals surface area (Å²) in [6.45, 7) is 4.47. The van der Waals surface area contributed by atoms with Gasteiger partial charge >= 0.3 is 0 Å². The summed E-state index contributed by atoms with van der Waals surface area (Å²) < 4.78 is 0. The standard InChI is InChI=1S/C24H24ClN3O2/c1-3-28(21-10-5-4-6-11-21)24(30)18-8-7-9-20(14-18)26-16-23(29)27-22-15-19(25)13-12-17(22)2/h4-15,26H,3,16H2,1-2H3,(H,27,29). The molecule has 0 unspecified atom stereocenters. The zero-order valence-corrected chi connectivity index (χ0v) is 17.7. The van der Waals surface area contributed by atoms with Crippen LogP contribution in [0.15, 0.2) is 72.8 Å². The number of carbonyl (C=O) groups excluding carboxylic acids is 2. The first-order valence-electron chi connectivity index (χ1n) is 9.74. The summed E-state index contributed by atoms with van der Waals surface area (Å²) in [4.78, 5) is 27.0. The van der Waals surface area contributed by atoms with Crippen LogP contribution in [0.1, 0.15) is 22.8 Å². The smallest absolute Gasteiger partial charge is 0.258 e. The molecule has 0 bridgehead atoms. The maximum Gasteiger partial charge on any atom is 0.258 e. The fourth-order valence-corrected chi connectivity index (χ4v) is 3.25. The molecule has 6 heteroatoms. The van der Waals surface area contributed by atoms with Crippen LogP contribution in [-0.4, -0.2) is 24.9 Å². The molecule has 0 aliphatic rings. The molecule has 0 radical (unpaired) electrons. The number of halogens is 1. The van der Waals surface area contributed by atoms with Crippen LogP contribution in [0.2, 0.25) is 5.02 Å². The highest BCUT2D eigenvalue weighted by atomic mass is 35.5. The largest absolute Gasteiger partial charge is 0.376 e. The molecular formula is C24H24ClN3O2. The lowest BCUT2D eigenvalue weighted by atomic mass is 10.1. The first kappa shape index (κ1) is 21.4. The number of nitrogens with one attached hydrogen (secondary N) is 2. The molecule has 0 saturated carbocycles. The molecule has 2 amide bonds. The van der Waals surface area contributed by atoms with Gasteiger partial charge in [-0.05, 0) is 61.9 Å². The third-order valence-corrected chi connectivity index (χ3v) is 4.90. The van der Waals surface area contributed by atoms with Crippen molar-refractivity contribution < 1.29 is 9.59 Å². The molecule has 0 fully saturated rings. The molecule has 2 N–H and O–H groups in total. The van der Waals surface area contributed by atoms with Crippen LogP contribution >= 0.6 is 11.6 Å². The van der Waals surface area contributed by atoms with Crippen LogP contribution in [0.25, 0.3) is 0 Å². The van der Waals surface area contributed by atoms with Crippen LogP contribution < -0.4 is 15.5 Å². The van der Waals surface area contributed by atoms with Gasteiger partial charge in [-0.15, -0.1) is 0 Å². The van der Waals surface area contributed by atoms with Gasteiger partial charge in [0, 0.05) is 34.2 Å². The number of carbonyl (C=O) groups is 2. The van der Waals surface area contributed by atoms with Gasteiger partial charge in [0.25, 0.3) is 5.91 Å². The molecule has 0 atom stereocenters. The molecule has 0 aliphatic carbocycles. The van der Waals surface area contributed by atoms with Gasteiger partial charge in [-0.2, -0.15) is 0 Å². The molecule has 0 saturated heterocycles. The Morgan fingerprint density at radius 3 is 2.47 bits per heavy atom. The number of rotatable bonds is 7. The van der Waals surface area contributed by atoms with Gasteiger partial charge in [0.05, 0.1) is 6.54 Å². The predicted molar refractivity (Wildman–Crippen MR) is 124 cm³/mol. The van der Waals surface area contributed by atoms with E-state index in [1.165, 1.54) is 0 Å². The molecule has 3 aromatic carbocycles. The highest BCUT2D eigenvalue weighted by Crippen LogP contribution is 2.21. The summed E-state index contributed by atoms with van der Waals surface area (Å²) in [7, 11) is 0. The molecule has 0 aromatic heterocycles. The molecule has 0 heterocycles. The Bertz CT molecular complexity index is 1040. The molecule has 3 rings (SSSR count).